The summed E-state index contributed by atoms with van der Waals surface area (Å²) in [5.41, 5.74) is 1.76. The first-order valence-corrected chi connectivity index (χ1v) is 9.89. The molecule has 0 saturated carbocycles. The standard InChI is InChI=1S/C22H25FN4O3/c1-28-19-6-3-16(4-7-19)22-24-21(30-25-22)15-27-11-9-26(10-12-27)14-17-13-18(23)5-8-20(17)29-2/h3-8,13H,9-12,14-15H2,1-2H3. The summed E-state index contributed by atoms with van der Waals surface area (Å²) in [6.45, 7) is 4.77. The van der Waals surface area contributed by atoms with Crippen molar-refractivity contribution in [3.8, 4) is 22.9 Å². The fraction of sp³-hybridized carbons (Fsp3) is 0.364. The predicted octanol–water partition coefficient (Wildman–Crippen LogP) is 3.21. The molecule has 0 unspecified atom stereocenters. The van der Waals surface area contributed by atoms with Crippen LogP contribution in [0.4, 0.5) is 4.39 Å². The maximum absolute atomic E-state index is 13.6. The van der Waals surface area contributed by atoms with E-state index in [9.17, 15) is 4.39 Å². The van der Waals surface area contributed by atoms with E-state index in [1.165, 1.54) is 6.07 Å². The molecule has 0 N–H and O–H groups in total. The molecule has 2 aromatic carbocycles. The quantitative estimate of drug-likeness (QED) is 0.590. The van der Waals surface area contributed by atoms with Crippen LogP contribution in [0.2, 0.25) is 0 Å². The van der Waals surface area contributed by atoms with Crippen molar-refractivity contribution in [1.29, 1.82) is 0 Å². The SMILES string of the molecule is COc1ccc(-c2noc(CN3CCN(Cc4cc(F)ccc4OC)CC3)n2)cc1. The zero-order chi connectivity index (χ0) is 20.9. The molecule has 0 amide bonds. The van der Waals surface area contributed by atoms with E-state index in [-0.39, 0.29) is 5.82 Å². The van der Waals surface area contributed by atoms with Crippen molar-refractivity contribution < 1.29 is 18.4 Å². The summed E-state index contributed by atoms with van der Waals surface area (Å²) >= 11 is 0. The molecule has 7 nitrogen and oxygen atoms in total. The number of halogens is 1. The molecule has 0 spiro atoms. The third kappa shape index (κ3) is 4.77. The average Bonchev–Trinajstić information content (AvgIpc) is 3.24. The molecule has 0 bridgehead atoms. The summed E-state index contributed by atoms with van der Waals surface area (Å²) in [6.07, 6.45) is 0. The lowest BCUT2D eigenvalue weighted by molar-refractivity contribution is 0.111. The fourth-order valence-electron chi connectivity index (χ4n) is 3.58. The van der Waals surface area contributed by atoms with Crippen LogP contribution in [-0.4, -0.2) is 60.3 Å². The number of nitrogens with zero attached hydrogens (tertiary/aromatic N) is 4. The highest BCUT2D eigenvalue weighted by Crippen LogP contribution is 2.23. The average molecular weight is 412 g/mol. The smallest absolute Gasteiger partial charge is 0.241 e. The lowest BCUT2D eigenvalue weighted by Crippen LogP contribution is -2.45. The van der Waals surface area contributed by atoms with Gasteiger partial charge < -0.3 is 14.0 Å². The molecule has 0 radical (unpaired) electrons. The first-order valence-electron chi connectivity index (χ1n) is 9.89. The number of benzene rings is 2. The monoisotopic (exact) mass is 412 g/mol. The van der Waals surface area contributed by atoms with Gasteiger partial charge >= 0.3 is 0 Å². The first kappa shape index (κ1) is 20.3. The van der Waals surface area contributed by atoms with Gasteiger partial charge in [0.25, 0.3) is 0 Å². The third-order valence-electron chi connectivity index (χ3n) is 5.28. The predicted molar refractivity (Wildman–Crippen MR) is 110 cm³/mol. The van der Waals surface area contributed by atoms with Gasteiger partial charge in [0, 0.05) is 43.9 Å². The Hall–Kier alpha value is -2.97. The van der Waals surface area contributed by atoms with Crippen LogP contribution in [0.15, 0.2) is 47.0 Å². The van der Waals surface area contributed by atoms with Crippen LogP contribution in [0.3, 0.4) is 0 Å². The highest BCUT2D eigenvalue weighted by Gasteiger charge is 2.20. The van der Waals surface area contributed by atoms with Gasteiger partial charge in [-0.25, -0.2) is 4.39 Å². The van der Waals surface area contributed by atoms with Gasteiger partial charge in [0.05, 0.1) is 20.8 Å². The third-order valence-corrected chi connectivity index (χ3v) is 5.28. The molecule has 1 saturated heterocycles. The lowest BCUT2D eigenvalue weighted by Gasteiger charge is -2.34. The molecule has 4 rings (SSSR count). The molecule has 0 aliphatic carbocycles. The minimum Gasteiger partial charge on any atom is -0.497 e. The van der Waals surface area contributed by atoms with Gasteiger partial charge in [-0.2, -0.15) is 4.98 Å². The Morgan fingerprint density at radius 3 is 2.30 bits per heavy atom. The summed E-state index contributed by atoms with van der Waals surface area (Å²) in [4.78, 5) is 9.10. The maximum atomic E-state index is 13.6. The van der Waals surface area contributed by atoms with Crippen molar-refractivity contribution in [3.05, 3.63) is 59.7 Å². The van der Waals surface area contributed by atoms with E-state index >= 15 is 0 Å². The molecule has 1 aliphatic rings. The topological polar surface area (TPSA) is 63.9 Å². The van der Waals surface area contributed by atoms with E-state index in [0.29, 0.717) is 24.8 Å². The molecule has 158 valence electrons. The highest BCUT2D eigenvalue weighted by atomic mass is 19.1. The van der Waals surface area contributed by atoms with Crippen molar-refractivity contribution >= 4 is 0 Å². The Morgan fingerprint density at radius 2 is 1.63 bits per heavy atom. The normalized spacial score (nSPS) is 15.3. The van der Waals surface area contributed by atoms with E-state index in [1.54, 1.807) is 26.4 Å². The second-order valence-corrected chi connectivity index (χ2v) is 7.25. The molecule has 1 aromatic heterocycles. The summed E-state index contributed by atoms with van der Waals surface area (Å²) in [7, 11) is 3.25. The molecule has 3 aromatic rings. The number of hydrogen-bond donors (Lipinski definition) is 0. The summed E-state index contributed by atoms with van der Waals surface area (Å²) in [6, 6.07) is 12.2. The fourth-order valence-corrected chi connectivity index (χ4v) is 3.58. The number of rotatable bonds is 7. The van der Waals surface area contributed by atoms with Crippen LogP contribution in [0, 0.1) is 5.82 Å². The van der Waals surface area contributed by atoms with Crippen LogP contribution in [0.25, 0.3) is 11.4 Å². The molecule has 1 aliphatic heterocycles. The van der Waals surface area contributed by atoms with E-state index in [1.807, 2.05) is 24.3 Å². The Bertz CT molecular complexity index is 969. The Kier molecular flexibility index (Phi) is 6.25. The number of hydrogen-bond acceptors (Lipinski definition) is 7. The van der Waals surface area contributed by atoms with Gasteiger partial charge in [0.1, 0.15) is 17.3 Å². The van der Waals surface area contributed by atoms with Gasteiger partial charge in [0.15, 0.2) is 0 Å². The maximum Gasteiger partial charge on any atom is 0.241 e. The lowest BCUT2D eigenvalue weighted by atomic mass is 10.1. The van der Waals surface area contributed by atoms with Crippen LogP contribution < -0.4 is 9.47 Å². The Morgan fingerprint density at radius 1 is 0.933 bits per heavy atom. The summed E-state index contributed by atoms with van der Waals surface area (Å²) in [5, 5.41) is 4.09. The number of ether oxygens (including phenoxy) is 2. The van der Waals surface area contributed by atoms with Crippen molar-refractivity contribution in [2.75, 3.05) is 40.4 Å². The van der Waals surface area contributed by atoms with Crippen molar-refractivity contribution in [2.24, 2.45) is 0 Å². The van der Waals surface area contributed by atoms with Crippen LogP contribution in [0.1, 0.15) is 11.5 Å². The second kappa shape index (κ2) is 9.23. The molecule has 2 heterocycles. The number of aromatic nitrogens is 2. The molecule has 0 atom stereocenters. The van der Waals surface area contributed by atoms with Crippen molar-refractivity contribution in [3.63, 3.8) is 0 Å². The summed E-state index contributed by atoms with van der Waals surface area (Å²) < 4.78 is 29.6. The zero-order valence-corrected chi connectivity index (χ0v) is 17.2. The van der Waals surface area contributed by atoms with Gasteiger partial charge in [-0.05, 0) is 42.5 Å². The second-order valence-electron chi connectivity index (χ2n) is 7.25. The van der Waals surface area contributed by atoms with Crippen molar-refractivity contribution in [1.82, 2.24) is 19.9 Å². The van der Waals surface area contributed by atoms with Crippen LogP contribution in [0.5, 0.6) is 11.5 Å². The van der Waals surface area contributed by atoms with Crippen molar-refractivity contribution in [2.45, 2.75) is 13.1 Å². The zero-order valence-electron chi connectivity index (χ0n) is 17.2. The van der Waals surface area contributed by atoms with Gasteiger partial charge in [-0.3, -0.25) is 9.80 Å². The largest absolute Gasteiger partial charge is 0.497 e. The molecule has 30 heavy (non-hydrogen) atoms. The molecular weight excluding hydrogens is 387 g/mol. The molecule has 1 fully saturated rings. The van der Waals surface area contributed by atoms with Crippen LogP contribution in [-0.2, 0) is 13.1 Å². The van der Waals surface area contributed by atoms with E-state index in [0.717, 1.165) is 48.8 Å². The van der Waals surface area contributed by atoms with E-state index < -0.39 is 0 Å². The van der Waals surface area contributed by atoms with Gasteiger partial charge in [0.2, 0.25) is 11.7 Å². The van der Waals surface area contributed by atoms with Crippen LogP contribution >= 0.6 is 0 Å². The molecule has 8 heteroatoms. The van der Waals surface area contributed by atoms with Gasteiger partial charge in [-0.1, -0.05) is 5.16 Å². The summed E-state index contributed by atoms with van der Waals surface area (Å²) in [5.74, 6) is 2.44. The first-order chi connectivity index (χ1) is 14.6. The number of methoxy groups -OCH3 is 2. The van der Waals surface area contributed by atoms with E-state index in [2.05, 4.69) is 19.9 Å². The van der Waals surface area contributed by atoms with E-state index in [4.69, 9.17) is 14.0 Å². The number of piperazine rings is 1. The minimum atomic E-state index is -0.242. The Labute approximate surface area is 175 Å². The van der Waals surface area contributed by atoms with Gasteiger partial charge in [-0.15, -0.1) is 0 Å². The minimum absolute atomic E-state index is 0.242. The highest BCUT2D eigenvalue weighted by molar-refractivity contribution is 5.55. The molecular formula is C22H25FN4O3. The Balaban J connectivity index is 1.31.